The highest BCUT2D eigenvalue weighted by Crippen LogP contribution is 2.24. The van der Waals surface area contributed by atoms with Gasteiger partial charge in [0, 0.05) is 5.92 Å². The molecule has 18 heavy (non-hydrogen) atoms. The molecule has 0 heterocycles. The smallest absolute Gasteiger partial charge is 0.210 e. The average Bonchev–Trinajstić information content (AvgIpc) is 2.35. The Kier molecular flexibility index (Phi) is 13.2. The molecule has 0 aromatic rings. The average molecular weight is 262 g/mol. The molecule has 0 unspecified atom stereocenters. The van der Waals surface area contributed by atoms with Crippen LogP contribution < -0.4 is 0 Å². The monoisotopic (exact) mass is 262 g/mol. The van der Waals surface area contributed by atoms with Crippen LogP contribution >= 0.6 is 0 Å². The predicted molar refractivity (Wildman–Crippen MR) is 76.2 cm³/mol. The summed E-state index contributed by atoms with van der Waals surface area (Å²) >= 11 is 0. The van der Waals surface area contributed by atoms with E-state index in [4.69, 9.17) is 0 Å². The van der Waals surface area contributed by atoms with Gasteiger partial charge in [-0.25, -0.2) is 8.78 Å². The summed E-state index contributed by atoms with van der Waals surface area (Å²) in [6, 6.07) is 0. The lowest BCUT2D eigenvalue weighted by Crippen LogP contribution is -2.11. The molecule has 0 amide bonds. The molecule has 0 N–H and O–H groups in total. The van der Waals surface area contributed by atoms with Gasteiger partial charge in [0.2, 0.25) is 6.43 Å². The molecular formula is C16H32F2. The van der Waals surface area contributed by atoms with E-state index in [0.717, 1.165) is 38.5 Å². The number of rotatable bonds is 13. The summed E-state index contributed by atoms with van der Waals surface area (Å²) in [4.78, 5) is 0. The topological polar surface area (TPSA) is 0 Å². The molecule has 0 nitrogen and oxygen atoms in total. The molecular weight excluding hydrogens is 230 g/mol. The Bertz CT molecular complexity index is 143. The van der Waals surface area contributed by atoms with Crippen LogP contribution in [-0.2, 0) is 0 Å². The minimum absolute atomic E-state index is 0.340. The van der Waals surface area contributed by atoms with Crippen molar-refractivity contribution in [2.45, 2.75) is 97.3 Å². The Hall–Kier alpha value is -0.140. The van der Waals surface area contributed by atoms with Gasteiger partial charge in [-0.05, 0) is 12.8 Å². The fourth-order valence-corrected chi connectivity index (χ4v) is 2.42. The van der Waals surface area contributed by atoms with E-state index in [1.54, 1.807) is 0 Å². The van der Waals surface area contributed by atoms with Crippen LogP contribution in [0, 0.1) is 5.92 Å². The van der Waals surface area contributed by atoms with E-state index in [0.29, 0.717) is 0 Å². The van der Waals surface area contributed by atoms with Crippen molar-refractivity contribution in [1.82, 2.24) is 0 Å². The number of hydrogen-bond acceptors (Lipinski definition) is 0. The lowest BCUT2D eigenvalue weighted by molar-refractivity contribution is 0.0644. The van der Waals surface area contributed by atoms with Gasteiger partial charge in [0.15, 0.2) is 0 Å². The van der Waals surface area contributed by atoms with Crippen molar-refractivity contribution in [3.8, 4) is 0 Å². The van der Waals surface area contributed by atoms with Crippen molar-refractivity contribution in [3.63, 3.8) is 0 Å². The lowest BCUT2D eigenvalue weighted by atomic mass is 9.94. The van der Waals surface area contributed by atoms with Gasteiger partial charge in [0.25, 0.3) is 0 Å². The molecule has 0 aliphatic carbocycles. The summed E-state index contributed by atoms with van der Waals surface area (Å²) < 4.78 is 25.7. The second kappa shape index (κ2) is 13.3. The molecule has 2 heteroatoms. The predicted octanol–water partition coefficient (Wildman–Crippen LogP) is 6.59. The molecule has 0 saturated heterocycles. The van der Waals surface area contributed by atoms with Crippen molar-refractivity contribution < 1.29 is 8.78 Å². The maximum Gasteiger partial charge on any atom is 0.241 e. The number of halogens is 2. The van der Waals surface area contributed by atoms with Crippen molar-refractivity contribution in [2.24, 2.45) is 5.92 Å². The van der Waals surface area contributed by atoms with E-state index < -0.39 is 6.43 Å². The third-order valence-corrected chi connectivity index (χ3v) is 3.71. The van der Waals surface area contributed by atoms with Gasteiger partial charge in [0.05, 0.1) is 0 Å². The SMILES string of the molecule is CCCCCCCC(CCCCCCC)C(F)F. The fourth-order valence-electron chi connectivity index (χ4n) is 2.42. The third kappa shape index (κ3) is 11.0. The van der Waals surface area contributed by atoms with E-state index in [2.05, 4.69) is 13.8 Å². The van der Waals surface area contributed by atoms with Gasteiger partial charge in [-0.15, -0.1) is 0 Å². The summed E-state index contributed by atoms with van der Waals surface area (Å²) in [5.74, 6) is -0.340. The Morgan fingerprint density at radius 2 is 1.00 bits per heavy atom. The first-order chi connectivity index (χ1) is 8.72. The van der Waals surface area contributed by atoms with Gasteiger partial charge in [-0.1, -0.05) is 78.1 Å². The number of alkyl halides is 2. The standard InChI is InChI=1S/C16H32F2/c1-3-5-7-9-11-13-15(16(17)18)14-12-10-8-6-4-2/h15-16H,3-14H2,1-2H3. The van der Waals surface area contributed by atoms with Gasteiger partial charge in [-0.3, -0.25) is 0 Å². The lowest BCUT2D eigenvalue weighted by Gasteiger charge is -2.15. The highest BCUT2D eigenvalue weighted by Gasteiger charge is 2.18. The molecule has 0 bridgehead atoms. The molecule has 0 aromatic heterocycles. The molecule has 0 fully saturated rings. The van der Waals surface area contributed by atoms with Crippen LogP contribution in [0.25, 0.3) is 0 Å². The molecule has 0 radical (unpaired) electrons. The van der Waals surface area contributed by atoms with Gasteiger partial charge >= 0.3 is 0 Å². The normalized spacial score (nSPS) is 11.7. The quantitative estimate of drug-likeness (QED) is 0.328. The zero-order valence-electron chi connectivity index (χ0n) is 12.4. The molecule has 0 aliphatic heterocycles. The van der Waals surface area contributed by atoms with Crippen LogP contribution in [0.2, 0.25) is 0 Å². The summed E-state index contributed by atoms with van der Waals surface area (Å²) in [6.07, 6.45) is 10.9. The molecule has 110 valence electrons. The first kappa shape index (κ1) is 17.9. The first-order valence-corrected chi connectivity index (χ1v) is 8.00. The van der Waals surface area contributed by atoms with E-state index >= 15 is 0 Å². The third-order valence-electron chi connectivity index (χ3n) is 3.71. The zero-order chi connectivity index (χ0) is 13.6. The van der Waals surface area contributed by atoms with E-state index in [1.165, 1.54) is 38.5 Å². The van der Waals surface area contributed by atoms with Crippen molar-refractivity contribution >= 4 is 0 Å². The largest absolute Gasteiger partial charge is 0.241 e. The van der Waals surface area contributed by atoms with E-state index in [1.807, 2.05) is 0 Å². The van der Waals surface area contributed by atoms with Crippen LogP contribution in [0.15, 0.2) is 0 Å². The molecule has 0 rings (SSSR count). The van der Waals surface area contributed by atoms with E-state index in [-0.39, 0.29) is 5.92 Å². The first-order valence-electron chi connectivity index (χ1n) is 8.00. The minimum Gasteiger partial charge on any atom is -0.210 e. The highest BCUT2D eigenvalue weighted by atomic mass is 19.3. The maximum atomic E-state index is 12.8. The van der Waals surface area contributed by atoms with Crippen LogP contribution in [0.3, 0.4) is 0 Å². The number of unbranched alkanes of at least 4 members (excludes halogenated alkanes) is 8. The number of hydrogen-bond donors (Lipinski definition) is 0. The molecule has 0 saturated carbocycles. The van der Waals surface area contributed by atoms with Crippen molar-refractivity contribution in [1.29, 1.82) is 0 Å². The van der Waals surface area contributed by atoms with Gasteiger partial charge in [0.1, 0.15) is 0 Å². The Balaban J connectivity index is 3.53. The maximum absolute atomic E-state index is 12.8. The highest BCUT2D eigenvalue weighted by molar-refractivity contribution is 4.63. The Morgan fingerprint density at radius 1 is 0.611 bits per heavy atom. The summed E-state index contributed by atoms with van der Waals surface area (Å²) in [7, 11) is 0. The zero-order valence-corrected chi connectivity index (χ0v) is 12.4. The van der Waals surface area contributed by atoms with Crippen molar-refractivity contribution in [3.05, 3.63) is 0 Å². The van der Waals surface area contributed by atoms with Gasteiger partial charge < -0.3 is 0 Å². The Morgan fingerprint density at radius 3 is 1.33 bits per heavy atom. The van der Waals surface area contributed by atoms with Crippen LogP contribution in [0.1, 0.15) is 90.9 Å². The van der Waals surface area contributed by atoms with E-state index in [9.17, 15) is 8.78 Å². The molecule has 0 spiro atoms. The summed E-state index contributed by atoms with van der Waals surface area (Å²) in [6.45, 7) is 4.36. The van der Waals surface area contributed by atoms with Crippen LogP contribution in [-0.4, -0.2) is 6.43 Å². The second-order valence-electron chi connectivity index (χ2n) is 5.50. The van der Waals surface area contributed by atoms with Crippen molar-refractivity contribution in [2.75, 3.05) is 0 Å². The summed E-state index contributed by atoms with van der Waals surface area (Å²) in [5.41, 5.74) is 0. The van der Waals surface area contributed by atoms with Gasteiger partial charge in [-0.2, -0.15) is 0 Å². The Labute approximate surface area is 113 Å². The fraction of sp³-hybridized carbons (Fsp3) is 1.00. The van der Waals surface area contributed by atoms with Crippen LogP contribution in [0.4, 0.5) is 8.78 Å². The molecule has 0 aromatic carbocycles. The molecule has 0 atom stereocenters. The minimum atomic E-state index is -2.11. The summed E-state index contributed by atoms with van der Waals surface area (Å²) in [5, 5.41) is 0. The molecule has 0 aliphatic rings. The van der Waals surface area contributed by atoms with Crippen LogP contribution in [0.5, 0.6) is 0 Å². The second-order valence-corrected chi connectivity index (χ2v) is 5.50.